The van der Waals surface area contributed by atoms with Crippen molar-refractivity contribution in [1.82, 2.24) is 15.1 Å². The molecule has 2 aliphatic heterocycles. The van der Waals surface area contributed by atoms with Gasteiger partial charge in [-0.15, -0.1) is 24.0 Å². The van der Waals surface area contributed by atoms with E-state index >= 15 is 0 Å². The van der Waals surface area contributed by atoms with Crippen LogP contribution in [0.4, 0.5) is 0 Å². The van der Waals surface area contributed by atoms with Crippen LogP contribution in [0.1, 0.15) is 47.5 Å². The highest BCUT2D eigenvalue weighted by Crippen LogP contribution is 2.52. The molecule has 5 nitrogen and oxygen atoms in total. The number of fused-ring (bicyclic) bond motifs is 1. The lowest BCUT2D eigenvalue weighted by Gasteiger charge is -2.55. The van der Waals surface area contributed by atoms with Gasteiger partial charge in [-0.2, -0.15) is 0 Å². The van der Waals surface area contributed by atoms with Gasteiger partial charge >= 0.3 is 0 Å². The van der Waals surface area contributed by atoms with Crippen molar-refractivity contribution < 1.29 is 4.74 Å². The van der Waals surface area contributed by atoms with Crippen molar-refractivity contribution in [3.63, 3.8) is 0 Å². The fourth-order valence-corrected chi connectivity index (χ4v) is 5.16. The van der Waals surface area contributed by atoms with E-state index in [1.807, 2.05) is 0 Å². The Morgan fingerprint density at radius 1 is 1.23 bits per heavy atom. The smallest absolute Gasteiger partial charge is 0.194 e. The molecule has 1 saturated carbocycles. The van der Waals surface area contributed by atoms with Crippen molar-refractivity contribution in [2.45, 2.75) is 59.6 Å². The quantitative estimate of drug-likeness (QED) is 0.362. The summed E-state index contributed by atoms with van der Waals surface area (Å²) in [5.74, 6) is 2.56. The summed E-state index contributed by atoms with van der Waals surface area (Å²) < 4.78 is 5.95. The topological polar surface area (TPSA) is 40.1 Å². The molecule has 2 heterocycles. The van der Waals surface area contributed by atoms with E-state index in [1.165, 1.54) is 19.4 Å². The van der Waals surface area contributed by atoms with Crippen LogP contribution in [0.2, 0.25) is 0 Å². The zero-order valence-corrected chi connectivity index (χ0v) is 19.7. The Labute approximate surface area is 177 Å². The summed E-state index contributed by atoms with van der Waals surface area (Å²) in [5.41, 5.74) is 0.204. The van der Waals surface area contributed by atoms with Crippen molar-refractivity contribution in [1.29, 1.82) is 0 Å². The van der Waals surface area contributed by atoms with Gasteiger partial charge in [0, 0.05) is 50.2 Å². The minimum atomic E-state index is 0. The van der Waals surface area contributed by atoms with Gasteiger partial charge in [-0.3, -0.25) is 4.99 Å². The Balaban J connectivity index is 0.00000243. The van der Waals surface area contributed by atoms with Crippen LogP contribution >= 0.6 is 24.0 Å². The van der Waals surface area contributed by atoms with Crippen LogP contribution < -0.4 is 5.32 Å². The monoisotopic (exact) mass is 478 g/mol. The SMILES string of the molecule is CCN=C(NC1C2CCOC2C1(C)C)N1CCC(CN(CC)CC)C1.I. The summed E-state index contributed by atoms with van der Waals surface area (Å²) in [6, 6.07) is 0.493. The number of halogens is 1. The zero-order chi connectivity index (χ0) is 18.0. The van der Waals surface area contributed by atoms with E-state index < -0.39 is 0 Å². The van der Waals surface area contributed by atoms with E-state index in [-0.39, 0.29) is 29.4 Å². The first-order valence-corrected chi connectivity index (χ1v) is 10.4. The molecule has 152 valence electrons. The second kappa shape index (κ2) is 9.41. The molecular weight excluding hydrogens is 439 g/mol. The van der Waals surface area contributed by atoms with Crippen LogP contribution in [-0.4, -0.2) is 73.8 Å². The van der Waals surface area contributed by atoms with Gasteiger partial charge in [-0.1, -0.05) is 27.7 Å². The highest BCUT2D eigenvalue weighted by molar-refractivity contribution is 14.0. The molecule has 3 aliphatic rings. The molecule has 3 rings (SSSR count). The lowest BCUT2D eigenvalue weighted by molar-refractivity contribution is -0.107. The Morgan fingerprint density at radius 3 is 2.62 bits per heavy atom. The molecular formula is C20H39IN4O. The van der Waals surface area contributed by atoms with Gasteiger partial charge in [-0.25, -0.2) is 0 Å². The number of likely N-dealkylation sites (tertiary alicyclic amines) is 1. The van der Waals surface area contributed by atoms with Gasteiger partial charge in [0.2, 0.25) is 0 Å². The number of rotatable bonds is 6. The minimum absolute atomic E-state index is 0. The lowest BCUT2D eigenvalue weighted by Crippen LogP contribution is -2.68. The Morgan fingerprint density at radius 2 is 1.96 bits per heavy atom. The largest absolute Gasteiger partial charge is 0.377 e. The van der Waals surface area contributed by atoms with Gasteiger partial charge in [0.25, 0.3) is 0 Å². The van der Waals surface area contributed by atoms with E-state index in [0.29, 0.717) is 18.1 Å². The van der Waals surface area contributed by atoms with Gasteiger partial charge in [0.05, 0.1) is 6.10 Å². The van der Waals surface area contributed by atoms with Crippen molar-refractivity contribution in [3.8, 4) is 0 Å². The van der Waals surface area contributed by atoms with Gasteiger partial charge < -0.3 is 19.9 Å². The summed E-state index contributed by atoms with van der Waals surface area (Å²) in [6.45, 7) is 18.9. The summed E-state index contributed by atoms with van der Waals surface area (Å²) in [4.78, 5) is 9.88. The highest BCUT2D eigenvalue weighted by atomic mass is 127. The lowest BCUT2D eigenvalue weighted by atomic mass is 9.57. The maximum Gasteiger partial charge on any atom is 0.194 e. The van der Waals surface area contributed by atoms with E-state index in [1.54, 1.807) is 0 Å². The number of nitrogens with one attached hydrogen (secondary N) is 1. The molecule has 0 radical (unpaired) electrons. The number of aliphatic imine (C=N–C) groups is 1. The molecule has 26 heavy (non-hydrogen) atoms. The van der Waals surface area contributed by atoms with Gasteiger partial charge in [0.1, 0.15) is 0 Å². The molecule has 3 fully saturated rings. The summed E-state index contributed by atoms with van der Waals surface area (Å²) in [6.07, 6.45) is 2.90. The fraction of sp³-hybridized carbons (Fsp3) is 0.950. The van der Waals surface area contributed by atoms with Crippen molar-refractivity contribution in [3.05, 3.63) is 0 Å². The number of hydrogen-bond acceptors (Lipinski definition) is 3. The second-order valence-electron chi connectivity index (χ2n) is 8.57. The third-order valence-corrected chi connectivity index (χ3v) is 6.69. The van der Waals surface area contributed by atoms with Gasteiger partial charge in [-0.05, 0) is 38.8 Å². The molecule has 4 atom stereocenters. The summed E-state index contributed by atoms with van der Waals surface area (Å²) >= 11 is 0. The van der Waals surface area contributed by atoms with Gasteiger partial charge in [0.15, 0.2) is 5.96 Å². The molecule has 0 bridgehead atoms. The molecule has 0 amide bonds. The third kappa shape index (κ3) is 4.32. The Bertz CT molecular complexity index is 480. The summed E-state index contributed by atoms with van der Waals surface area (Å²) in [7, 11) is 0. The van der Waals surface area contributed by atoms with E-state index in [4.69, 9.17) is 9.73 Å². The molecule has 6 heteroatoms. The number of nitrogens with zero attached hydrogens (tertiary/aromatic N) is 3. The molecule has 0 aromatic rings. The third-order valence-electron chi connectivity index (χ3n) is 6.69. The molecule has 0 aromatic heterocycles. The maximum atomic E-state index is 5.95. The highest BCUT2D eigenvalue weighted by Gasteiger charge is 2.59. The number of hydrogen-bond donors (Lipinski definition) is 1. The number of guanidine groups is 1. The predicted octanol–water partition coefficient (Wildman–Crippen LogP) is 3.05. The first-order chi connectivity index (χ1) is 12.0. The molecule has 2 saturated heterocycles. The molecule has 4 unspecified atom stereocenters. The average Bonchev–Trinajstić information content (AvgIpc) is 3.24. The summed E-state index contributed by atoms with van der Waals surface area (Å²) in [5, 5.41) is 3.84. The predicted molar refractivity (Wildman–Crippen MR) is 119 cm³/mol. The molecule has 0 spiro atoms. The van der Waals surface area contributed by atoms with Crippen LogP contribution in [0.3, 0.4) is 0 Å². The van der Waals surface area contributed by atoms with Crippen molar-refractivity contribution in [2.24, 2.45) is 22.2 Å². The first kappa shape index (κ1) is 22.2. The molecule has 0 aromatic carbocycles. The molecule has 1 aliphatic carbocycles. The van der Waals surface area contributed by atoms with Crippen molar-refractivity contribution >= 4 is 29.9 Å². The van der Waals surface area contributed by atoms with Crippen LogP contribution in [0.5, 0.6) is 0 Å². The van der Waals surface area contributed by atoms with E-state index in [9.17, 15) is 0 Å². The fourth-order valence-electron chi connectivity index (χ4n) is 5.16. The van der Waals surface area contributed by atoms with Crippen LogP contribution in [0.25, 0.3) is 0 Å². The Kier molecular flexibility index (Phi) is 8.04. The average molecular weight is 478 g/mol. The molecule has 1 N–H and O–H groups in total. The number of ether oxygens (including phenoxy) is 1. The van der Waals surface area contributed by atoms with Crippen LogP contribution in [-0.2, 0) is 4.74 Å². The maximum absolute atomic E-state index is 5.95. The van der Waals surface area contributed by atoms with Crippen LogP contribution in [0, 0.1) is 17.3 Å². The van der Waals surface area contributed by atoms with Crippen molar-refractivity contribution in [2.75, 3.05) is 45.9 Å². The zero-order valence-electron chi connectivity index (χ0n) is 17.3. The minimum Gasteiger partial charge on any atom is -0.377 e. The Hall–Kier alpha value is -0.0800. The first-order valence-electron chi connectivity index (χ1n) is 10.4. The normalized spacial score (nSPS) is 33.0. The van der Waals surface area contributed by atoms with E-state index in [0.717, 1.165) is 51.2 Å². The van der Waals surface area contributed by atoms with Crippen LogP contribution in [0.15, 0.2) is 4.99 Å². The second-order valence-corrected chi connectivity index (χ2v) is 8.57. The van der Waals surface area contributed by atoms with E-state index in [2.05, 4.69) is 49.7 Å². The standard InChI is InChI=1S/C20H38N4O.HI/c1-6-21-19(22-17-16-10-12-25-18(16)20(17,4)5)24-11-9-15(14-24)13-23(7-2)8-3;/h15-18H,6-14H2,1-5H3,(H,21,22);1H.